The van der Waals surface area contributed by atoms with Crippen molar-refractivity contribution in [2.75, 3.05) is 17.2 Å². The smallest absolute Gasteiger partial charge is 0.227 e. The van der Waals surface area contributed by atoms with Crippen LogP contribution in [-0.2, 0) is 4.79 Å². The molecule has 1 aliphatic rings. The van der Waals surface area contributed by atoms with E-state index in [1.807, 2.05) is 18.2 Å². The van der Waals surface area contributed by atoms with Crippen molar-refractivity contribution in [2.24, 2.45) is 5.92 Å². The van der Waals surface area contributed by atoms with E-state index in [0.717, 1.165) is 15.9 Å². The lowest BCUT2D eigenvalue weighted by Gasteiger charge is -2.18. The molecule has 16 heavy (non-hydrogen) atoms. The predicted octanol–water partition coefficient (Wildman–Crippen LogP) is 3.39. The highest BCUT2D eigenvalue weighted by molar-refractivity contribution is 9.10. The van der Waals surface area contributed by atoms with Gasteiger partial charge in [-0.05, 0) is 39.7 Å². The van der Waals surface area contributed by atoms with Gasteiger partial charge in [0.25, 0.3) is 0 Å². The van der Waals surface area contributed by atoms with Crippen LogP contribution in [0.4, 0.5) is 5.69 Å². The lowest BCUT2D eigenvalue weighted by atomic mass is 10.1. The lowest BCUT2D eigenvalue weighted by molar-refractivity contribution is -0.117. The summed E-state index contributed by atoms with van der Waals surface area (Å²) in [7, 11) is 0. The molecule has 0 N–H and O–H groups in total. The van der Waals surface area contributed by atoms with Crippen LogP contribution in [0, 0.1) is 5.92 Å². The largest absolute Gasteiger partial charge is 0.311 e. The molecular weight excluding hydrogens is 310 g/mol. The number of hydrogen-bond donors (Lipinski definition) is 1. The third-order valence-electron chi connectivity index (χ3n) is 2.69. The summed E-state index contributed by atoms with van der Waals surface area (Å²) in [6.45, 7) is 0.707. The number of carbonyl (C=O) groups excluding carboxylic acids is 1. The fourth-order valence-electron chi connectivity index (χ4n) is 1.84. The fourth-order valence-corrected chi connectivity index (χ4v) is 2.67. The van der Waals surface area contributed by atoms with Gasteiger partial charge >= 0.3 is 0 Å². The highest BCUT2D eigenvalue weighted by Crippen LogP contribution is 2.35. The van der Waals surface area contributed by atoms with Crippen molar-refractivity contribution >= 4 is 51.8 Å². The second kappa shape index (κ2) is 4.98. The summed E-state index contributed by atoms with van der Waals surface area (Å²) < 4.78 is 0.814. The molecule has 86 valence electrons. The molecule has 0 bridgehead atoms. The summed E-state index contributed by atoms with van der Waals surface area (Å²) in [6, 6.07) is 5.61. The highest BCUT2D eigenvalue weighted by atomic mass is 79.9. The van der Waals surface area contributed by atoms with Crippen molar-refractivity contribution in [2.45, 2.75) is 6.42 Å². The maximum absolute atomic E-state index is 11.8. The standard InChI is InChI=1S/C11H11BrClNOS/c12-8-2-1-3-9(11(8)13)14-5-7(6-16)4-10(14)15/h1-3,7,16H,4-6H2. The molecular formula is C11H11BrClNOS. The molecule has 1 unspecified atom stereocenters. The fraction of sp³-hybridized carbons (Fsp3) is 0.364. The zero-order valence-electron chi connectivity index (χ0n) is 8.49. The number of nitrogens with zero attached hydrogens (tertiary/aromatic N) is 1. The van der Waals surface area contributed by atoms with E-state index in [1.165, 1.54) is 0 Å². The molecule has 0 radical (unpaired) electrons. The van der Waals surface area contributed by atoms with Gasteiger partial charge in [0.1, 0.15) is 0 Å². The van der Waals surface area contributed by atoms with Gasteiger partial charge in [0.05, 0.1) is 10.7 Å². The van der Waals surface area contributed by atoms with Crippen LogP contribution >= 0.6 is 40.2 Å². The van der Waals surface area contributed by atoms with E-state index in [0.29, 0.717) is 23.9 Å². The third kappa shape index (κ3) is 2.24. The number of thiol groups is 1. The summed E-state index contributed by atoms with van der Waals surface area (Å²) in [5.74, 6) is 1.18. The normalized spacial score (nSPS) is 20.6. The van der Waals surface area contributed by atoms with Gasteiger partial charge in [-0.15, -0.1) is 0 Å². The molecule has 1 saturated heterocycles. The first-order chi connectivity index (χ1) is 7.63. The summed E-state index contributed by atoms with van der Waals surface area (Å²) in [6.07, 6.45) is 0.562. The number of amides is 1. The predicted molar refractivity (Wildman–Crippen MR) is 73.5 cm³/mol. The Morgan fingerprint density at radius 3 is 2.94 bits per heavy atom. The number of rotatable bonds is 2. The van der Waals surface area contributed by atoms with Crippen molar-refractivity contribution in [1.29, 1.82) is 0 Å². The molecule has 1 atom stereocenters. The first-order valence-corrected chi connectivity index (χ1v) is 6.79. The number of benzene rings is 1. The minimum Gasteiger partial charge on any atom is -0.311 e. The Morgan fingerprint density at radius 2 is 2.31 bits per heavy atom. The van der Waals surface area contributed by atoms with Crippen LogP contribution in [0.1, 0.15) is 6.42 Å². The van der Waals surface area contributed by atoms with E-state index in [4.69, 9.17) is 11.6 Å². The van der Waals surface area contributed by atoms with E-state index < -0.39 is 0 Å². The molecule has 2 nitrogen and oxygen atoms in total. The first kappa shape index (κ1) is 12.3. The Balaban J connectivity index is 2.31. The van der Waals surface area contributed by atoms with Crippen LogP contribution in [0.25, 0.3) is 0 Å². The average molecular weight is 321 g/mol. The van der Waals surface area contributed by atoms with Gasteiger partial charge in [0.15, 0.2) is 0 Å². The number of anilines is 1. The maximum atomic E-state index is 11.8. The van der Waals surface area contributed by atoms with Gasteiger partial charge in [0.2, 0.25) is 5.91 Å². The number of halogens is 2. The Hall–Kier alpha value is -0.190. The highest BCUT2D eigenvalue weighted by Gasteiger charge is 2.30. The molecule has 1 aromatic rings. The number of carbonyl (C=O) groups is 1. The van der Waals surface area contributed by atoms with Crippen molar-refractivity contribution in [3.8, 4) is 0 Å². The van der Waals surface area contributed by atoms with Crippen LogP contribution in [0.2, 0.25) is 5.02 Å². The Kier molecular flexibility index (Phi) is 3.82. The molecule has 0 saturated carbocycles. The average Bonchev–Trinajstić information content (AvgIpc) is 2.64. The molecule has 1 heterocycles. The number of hydrogen-bond acceptors (Lipinski definition) is 2. The summed E-state index contributed by atoms with van der Waals surface area (Å²) in [5.41, 5.74) is 0.783. The van der Waals surface area contributed by atoms with Crippen molar-refractivity contribution in [3.63, 3.8) is 0 Å². The molecule has 0 spiro atoms. The van der Waals surface area contributed by atoms with Crippen molar-refractivity contribution in [3.05, 3.63) is 27.7 Å². The van der Waals surface area contributed by atoms with Gasteiger partial charge in [-0.2, -0.15) is 12.6 Å². The summed E-state index contributed by atoms with van der Waals surface area (Å²) >= 11 is 13.8. The van der Waals surface area contributed by atoms with Gasteiger partial charge in [-0.3, -0.25) is 4.79 Å². The Morgan fingerprint density at radius 1 is 1.56 bits per heavy atom. The summed E-state index contributed by atoms with van der Waals surface area (Å²) in [4.78, 5) is 13.6. The van der Waals surface area contributed by atoms with E-state index in [9.17, 15) is 4.79 Å². The molecule has 1 aliphatic heterocycles. The van der Waals surface area contributed by atoms with Gasteiger partial charge in [-0.1, -0.05) is 17.7 Å². The van der Waals surface area contributed by atoms with Crippen LogP contribution in [-0.4, -0.2) is 18.2 Å². The third-order valence-corrected chi connectivity index (χ3v) is 4.49. The molecule has 2 rings (SSSR count). The molecule has 0 aromatic heterocycles. The quantitative estimate of drug-likeness (QED) is 0.828. The minimum atomic E-state index is 0.124. The van der Waals surface area contributed by atoms with E-state index in [-0.39, 0.29) is 5.91 Å². The Bertz CT molecular complexity index is 426. The second-order valence-corrected chi connectivity index (χ2v) is 5.43. The molecule has 5 heteroatoms. The SMILES string of the molecule is O=C1CC(CS)CN1c1cccc(Br)c1Cl. The zero-order chi connectivity index (χ0) is 11.7. The van der Waals surface area contributed by atoms with Crippen molar-refractivity contribution < 1.29 is 4.79 Å². The van der Waals surface area contributed by atoms with Gasteiger partial charge in [-0.25, -0.2) is 0 Å². The zero-order valence-corrected chi connectivity index (χ0v) is 11.7. The second-order valence-electron chi connectivity index (χ2n) is 3.83. The van der Waals surface area contributed by atoms with Gasteiger partial charge < -0.3 is 4.90 Å². The van der Waals surface area contributed by atoms with E-state index in [1.54, 1.807) is 4.90 Å². The van der Waals surface area contributed by atoms with Crippen LogP contribution in [0.5, 0.6) is 0 Å². The Labute approximate surface area is 113 Å². The summed E-state index contributed by atoms with van der Waals surface area (Å²) in [5, 5.41) is 0.593. The van der Waals surface area contributed by atoms with Crippen LogP contribution in [0.15, 0.2) is 22.7 Å². The first-order valence-electron chi connectivity index (χ1n) is 4.98. The topological polar surface area (TPSA) is 20.3 Å². The van der Waals surface area contributed by atoms with Crippen LogP contribution < -0.4 is 4.90 Å². The molecule has 0 aliphatic carbocycles. The van der Waals surface area contributed by atoms with E-state index in [2.05, 4.69) is 28.6 Å². The van der Waals surface area contributed by atoms with Gasteiger partial charge in [0, 0.05) is 17.4 Å². The molecule has 1 fully saturated rings. The monoisotopic (exact) mass is 319 g/mol. The molecule has 1 aromatic carbocycles. The molecule has 1 amide bonds. The van der Waals surface area contributed by atoms with E-state index >= 15 is 0 Å². The minimum absolute atomic E-state index is 0.124. The maximum Gasteiger partial charge on any atom is 0.227 e. The van der Waals surface area contributed by atoms with Crippen molar-refractivity contribution in [1.82, 2.24) is 0 Å². The van der Waals surface area contributed by atoms with Crippen LogP contribution in [0.3, 0.4) is 0 Å². The lowest BCUT2D eigenvalue weighted by Crippen LogP contribution is -2.25.